The molecular weight excluding hydrogens is 192 g/mol. The number of ether oxygens (including phenoxy) is 1. The smallest absolute Gasteiger partial charge is 0.126 e. The van der Waals surface area contributed by atoms with Crippen molar-refractivity contribution in [2.24, 2.45) is 5.73 Å². The summed E-state index contributed by atoms with van der Waals surface area (Å²) in [5.41, 5.74) is 6.50. The molecule has 0 aliphatic rings. The Bertz CT molecular complexity index is 362. The Hall–Kier alpha value is -1.55. The molecule has 0 atom stereocenters. The lowest BCUT2D eigenvalue weighted by molar-refractivity contribution is 0.0656. The van der Waals surface area contributed by atoms with Gasteiger partial charge in [0.15, 0.2) is 0 Å². The average Bonchev–Trinajstić information content (AvgIpc) is 2.14. The molecule has 15 heavy (non-hydrogen) atoms. The molecule has 0 saturated heterocycles. The molecule has 0 aromatic heterocycles. The molecule has 1 aromatic rings. The maximum Gasteiger partial charge on any atom is 0.126 e. The van der Waals surface area contributed by atoms with Crippen molar-refractivity contribution in [1.82, 2.24) is 0 Å². The van der Waals surface area contributed by atoms with Crippen molar-refractivity contribution < 1.29 is 9.84 Å². The van der Waals surface area contributed by atoms with Crippen molar-refractivity contribution in [2.75, 3.05) is 0 Å². The quantitative estimate of drug-likeness (QED) is 0.519. The summed E-state index contributed by atoms with van der Waals surface area (Å²) in [6.07, 6.45) is 0.152. The highest BCUT2D eigenvalue weighted by molar-refractivity contribution is 5.97. The Morgan fingerprint density at radius 1 is 1.53 bits per heavy atom. The van der Waals surface area contributed by atoms with E-state index in [1.807, 2.05) is 13.8 Å². The van der Waals surface area contributed by atoms with E-state index in [1.54, 1.807) is 18.2 Å². The van der Waals surface area contributed by atoms with Crippen LogP contribution in [0, 0.1) is 5.41 Å². The molecule has 4 heteroatoms. The van der Waals surface area contributed by atoms with Crippen LogP contribution >= 0.6 is 0 Å². The Morgan fingerprint density at radius 2 is 2.20 bits per heavy atom. The Morgan fingerprint density at radius 3 is 2.67 bits per heavy atom. The highest BCUT2D eigenvalue weighted by Crippen LogP contribution is 2.18. The van der Waals surface area contributed by atoms with Crippen molar-refractivity contribution in [2.45, 2.75) is 26.6 Å². The van der Waals surface area contributed by atoms with E-state index in [0.717, 1.165) is 5.56 Å². The van der Waals surface area contributed by atoms with Gasteiger partial charge in [-0.2, -0.15) is 0 Å². The van der Waals surface area contributed by atoms with Gasteiger partial charge in [-0.15, -0.1) is 0 Å². The summed E-state index contributed by atoms with van der Waals surface area (Å²) in [6.45, 7) is 4.34. The summed E-state index contributed by atoms with van der Waals surface area (Å²) < 4.78 is 5.39. The number of rotatable bonds is 4. The largest absolute Gasteiger partial charge is 0.507 e. The van der Waals surface area contributed by atoms with Gasteiger partial charge in [-0.25, -0.2) is 0 Å². The molecule has 0 radical (unpaired) electrons. The van der Waals surface area contributed by atoms with Gasteiger partial charge in [-0.1, -0.05) is 6.07 Å². The summed E-state index contributed by atoms with van der Waals surface area (Å²) >= 11 is 0. The van der Waals surface area contributed by atoms with Crippen LogP contribution in [-0.2, 0) is 11.3 Å². The van der Waals surface area contributed by atoms with Crippen LogP contribution in [0.3, 0.4) is 0 Å². The minimum absolute atomic E-state index is 0.0207. The molecule has 0 unspecified atom stereocenters. The number of phenols is 1. The minimum Gasteiger partial charge on any atom is -0.507 e. The molecule has 0 amide bonds. The Labute approximate surface area is 89.2 Å². The van der Waals surface area contributed by atoms with Crippen molar-refractivity contribution in [3.05, 3.63) is 29.3 Å². The van der Waals surface area contributed by atoms with E-state index in [1.165, 1.54) is 0 Å². The van der Waals surface area contributed by atoms with Crippen molar-refractivity contribution in [1.29, 1.82) is 5.41 Å². The highest BCUT2D eigenvalue weighted by Gasteiger charge is 2.05. The molecule has 0 aliphatic carbocycles. The fourth-order valence-electron chi connectivity index (χ4n) is 1.16. The van der Waals surface area contributed by atoms with E-state index in [4.69, 9.17) is 15.9 Å². The predicted molar refractivity (Wildman–Crippen MR) is 59.0 cm³/mol. The molecule has 82 valence electrons. The fraction of sp³-hybridized carbons (Fsp3) is 0.364. The first-order valence-electron chi connectivity index (χ1n) is 4.78. The molecule has 0 bridgehead atoms. The predicted octanol–water partition coefficient (Wildman–Crippen LogP) is 1.60. The summed E-state index contributed by atoms with van der Waals surface area (Å²) in [7, 11) is 0. The van der Waals surface area contributed by atoms with Gasteiger partial charge in [-0.3, -0.25) is 5.41 Å². The number of hydrogen-bond donors (Lipinski definition) is 3. The van der Waals surface area contributed by atoms with E-state index in [0.29, 0.717) is 12.2 Å². The molecule has 4 N–H and O–H groups in total. The van der Waals surface area contributed by atoms with Crippen LogP contribution in [0.25, 0.3) is 0 Å². The second kappa shape index (κ2) is 4.79. The minimum atomic E-state index is -0.135. The van der Waals surface area contributed by atoms with E-state index in [-0.39, 0.29) is 17.7 Å². The maximum absolute atomic E-state index is 9.55. The number of hydrogen-bond acceptors (Lipinski definition) is 3. The van der Waals surface area contributed by atoms with Crippen LogP contribution in [0.15, 0.2) is 18.2 Å². The van der Waals surface area contributed by atoms with Crippen LogP contribution in [-0.4, -0.2) is 17.0 Å². The molecule has 0 aliphatic heterocycles. The topological polar surface area (TPSA) is 79.3 Å². The van der Waals surface area contributed by atoms with Crippen molar-refractivity contribution in [3.8, 4) is 5.75 Å². The Kier molecular flexibility index (Phi) is 3.68. The molecule has 0 spiro atoms. The zero-order chi connectivity index (χ0) is 11.4. The molecule has 1 rings (SSSR count). The molecular formula is C11H16N2O2. The first-order valence-corrected chi connectivity index (χ1v) is 4.78. The molecule has 4 nitrogen and oxygen atoms in total. The van der Waals surface area contributed by atoms with Gasteiger partial charge >= 0.3 is 0 Å². The second-order valence-electron chi connectivity index (χ2n) is 3.62. The lowest BCUT2D eigenvalue weighted by Crippen LogP contribution is -2.11. The standard InChI is InChI=1S/C11H16N2O2/c1-7(2)15-6-8-3-4-9(11(12)13)10(14)5-8/h3-5,7,14H,6H2,1-2H3,(H3,12,13). The first kappa shape index (κ1) is 11.5. The Balaban J connectivity index is 2.78. The van der Waals surface area contributed by atoms with E-state index >= 15 is 0 Å². The highest BCUT2D eigenvalue weighted by atomic mass is 16.5. The third-order valence-corrected chi connectivity index (χ3v) is 1.94. The van der Waals surface area contributed by atoms with Crippen LogP contribution in [0.4, 0.5) is 0 Å². The lowest BCUT2D eigenvalue weighted by atomic mass is 10.1. The summed E-state index contributed by atoms with van der Waals surface area (Å²) in [5.74, 6) is -0.115. The van der Waals surface area contributed by atoms with Crippen LogP contribution < -0.4 is 5.73 Å². The number of amidine groups is 1. The summed E-state index contributed by atoms with van der Waals surface area (Å²) in [4.78, 5) is 0. The second-order valence-corrected chi connectivity index (χ2v) is 3.62. The number of nitrogens with two attached hydrogens (primary N) is 1. The lowest BCUT2D eigenvalue weighted by Gasteiger charge is -2.09. The van der Waals surface area contributed by atoms with Gasteiger partial charge in [0.2, 0.25) is 0 Å². The summed E-state index contributed by atoms with van der Waals surface area (Å²) in [5, 5.41) is 16.8. The summed E-state index contributed by atoms with van der Waals surface area (Å²) in [6, 6.07) is 4.98. The number of phenolic OH excluding ortho intramolecular Hbond substituents is 1. The van der Waals surface area contributed by atoms with Gasteiger partial charge in [0.25, 0.3) is 0 Å². The zero-order valence-electron chi connectivity index (χ0n) is 8.95. The van der Waals surface area contributed by atoms with E-state index in [2.05, 4.69) is 0 Å². The monoisotopic (exact) mass is 208 g/mol. The normalized spacial score (nSPS) is 10.6. The molecule has 0 heterocycles. The van der Waals surface area contributed by atoms with Gasteiger partial charge < -0.3 is 15.6 Å². The van der Waals surface area contributed by atoms with Gasteiger partial charge in [0.1, 0.15) is 11.6 Å². The van der Waals surface area contributed by atoms with Crippen molar-refractivity contribution in [3.63, 3.8) is 0 Å². The third kappa shape index (κ3) is 3.25. The average molecular weight is 208 g/mol. The molecule has 1 aromatic carbocycles. The zero-order valence-corrected chi connectivity index (χ0v) is 8.95. The van der Waals surface area contributed by atoms with Gasteiger partial charge in [0, 0.05) is 0 Å². The van der Waals surface area contributed by atoms with E-state index < -0.39 is 0 Å². The number of benzene rings is 1. The first-order chi connectivity index (χ1) is 7.00. The van der Waals surface area contributed by atoms with Gasteiger partial charge in [0.05, 0.1) is 18.3 Å². The van der Waals surface area contributed by atoms with Crippen LogP contribution in [0.2, 0.25) is 0 Å². The molecule has 0 fully saturated rings. The van der Waals surface area contributed by atoms with Crippen LogP contribution in [0.1, 0.15) is 25.0 Å². The van der Waals surface area contributed by atoms with Gasteiger partial charge in [-0.05, 0) is 31.5 Å². The van der Waals surface area contributed by atoms with Crippen LogP contribution in [0.5, 0.6) is 5.75 Å². The maximum atomic E-state index is 9.55. The fourth-order valence-corrected chi connectivity index (χ4v) is 1.16. The van der Waals surface area contributed by atoms with Crippen molar-refractivity contribution >= 4 is 5.84 Å². The third-order valence-electron chi connectivity index (χ3n) is 1.94. The van der Waals surface area contributed by atoms with E-state index in [9.17, 15) is 5.11 Å². The number of nitrogens with one attached hydrogen (secondary N) is 1. The number of aromatic hydroxyl groups is 1. The molecule has 0 saturated carbocycles. The number of nitrogen functional groups attached to an aromatic ring is 1. The SMILES string of the molecule is CC(C)OCc1ccc(C(=N)N)c(O)c1.